The number of aromatic nitrogens is 1. The molecular weight excluding hydrogens is 384 g/mol. The average Bonchev–Trinajstić information content (AvgIpc) is 3.07. The Hall–Kier alpha value is -3.20. The molecule has 9 heteroatoms. The molecular formula is C19H18N2O6S. The van der Waals surface area contributed by atoms with Crippen LogP contribution in [0.1, 0.15) is 18.4 Å². The molecule has 0 bridgehead atoms. The highest BCUT2D eigenvalue weighted by Crippen LogP contribution is 2.18. The largest absolute Gasteiger partial charge is 0.444 e. The summed E-state index contributed by atoms with van der Waals surface area (Å²) in [5.41, 5.74) is 0.821. The smallest absolute Gasteiger partial charge is 0.413 e. The van der Waals surface area contributed by atoms with E-state index >= 15 is 0 Å². The summed E-state index contributed by atoms with van der Waals surface area (Å²) in [4.78, 5) is 42.6. The van der Waals surface area contributed by atoms with Gasteiger partial charge in [0.25, 0.3) is 0 Å². The van der Waals surface area contributed by atoms with E-state index in [1.54, 1.807) is 18.2 Å². The van der Waals surface area contributed by atoms with Gasteiger partial charge in [0.2, 0.25) is 0 Å². The van der Waals surface area contributed by atoms with Crippen molar-refractivity contribution < 1.29 is 28.7 Å². The van der Waals surface area contributed by atoms with E-state index in [0.717, 1.165) is 15.2 Å². The molecule has 1 fully saturated rings. The number of carbonyl (C=O) groups is 3. The summed E-state index contributed by atoms with van der Waals surface area (Å²) in [6, 6.07) is 13.3. The standard InChI is InChI=1S/C19H18N2O6S/c22-17(27-21-11-5-4-8-16(21)28)10-9-15-18(23)26-13-20(15)19(24)25-12-14-6-2-1-3-7-14/h1-8,11,15H,9-10,12-13H2/t15-/m0/s1. The predicted octanol–water partition coefficient (Wildman–Crippen LogP) is 2.47. The minimum Gasteiger partial charge on any atom is -0.444 e. The number of hydrogen-bond acceptors (Lipinski definition) is 7. The van der Waals surface area contributed by atoms with Crippen LogP contribution in [0, 0.1) is 4.64 Å². The minimum absolute atomic E-state index is 0.0538. The molecule has 1 saturated heterocycles. The first-order chi connectivity index (χ1) is 13.5. The number of benzene rings is 1. The summed E-state index contributed by atoms with van der Waals surface area (Å²) >= 11 is 5.05. The summed E-state index contributed by atoms with van der Waals surface area (Å²) in [7, 11) is 0. The molecule has 2 aromatic rings. The number of esters is 1. The Bertz CT molecular complexity index is 914. The quantitative estimate of drug-likeness (QED) is 0.542. The predicted molar refractivity (Wildman–Crippen MR) is 99.3 cm³/mol. The van der Waals surface area contributed by atoms with Crippen LogP contribution in [-0.2, 0) is 25.7 Å². The van der Waals surface area contributed by atoms with Gasteiger partial charge < -0.3 is 14.3 Å². The molecule has 1 aliphatic rings. The minimum atomic E-state index is -0.903. The maximum absolute atomic E-state index is 12.3. The molecule has 28 heavy (non-hydrogen) atoms. The van der Waals surface area contributed by atoms with Gasteiger partial charge in [0, 0.05) is 6.20 Å². The number of rotatable bonds is 6. The van der Waals surface area contributed by atoms with Crippen LogP contribution >= 0.6 is 12.2 Å². The van der Waals surface area contributed by atoms with Gasteiger partial charge in [0.05, 0.1) is 6.42 Å². The first-order valence-corrected chi connectivity index (χ1v) is 8.98. The van der Waals surface area contributed by atoms with Gasteiger partial charge in [-0.1, -0.05) is 48.6 Å². The van der Waals surface area contributed by atoms with Gasteiger partial charge in [0.1, 0.15) is 17.3 Å². The molecule has 0 radical (unpaired) electrons. The van der Waals surface area contributed by atoms with Crippen LogP contribution < -0.4 is 4.84 Å². The molecule has 1 atom stereocenters. The van der Waals surface area contributed by atoms with Gasteiger partial charge in [-0.05, 0) is 24.1 Å². The van der Waals surface area contributed by atoms with Crippen LogP contribution in [0.25, 0.3) is 0 Å². The van der Waals surface area contributed by atoms with Crippen molar-refractivity contribution in [3.05, 3.63) is 64.9 Å². The molecule has 0 saturated carbocycles. The normalized spacial score (nSPS) is 15.8. The van der Waals surface area contributed by atoms with Gasteiger partial charge >= 0.3 is 18.0 Å². The lowest BCUT2D eigenvalue weighted by atomic mass is 10.1. The summed E-state index contributed by atoms with van der Waals surface area (Å²) in [5.74, 6) is -1.17. The molecule has 2 heterocycles. The average molecular weight is 402 g/mol. The van der Waals surface area contributed by atoms with Gasteiger partial charge in [0.15, 0.2) is 6.73 Å². The van der Waals surface area contributed by atoms with E-state index in [1.807, 2.05) is 30.3 Å². The second-order valence-corrected chi connectivity index (χ2v) is 6.40. The van der Waals surface area contributed by atoms with E-state index in [1.165, 1.54) is 6.20 Å². The molecule has 0 N–H and O–H groups in total. The van der Waals surface area contributed by atoms with E-state index in [9.17, 15) is 14.4 Å². The number of carbonyl (C=O) groups excluding carboxylic acids is 3. The molecule has 1 aromatic carbocycles. The van der Waals surface area contributed by atoms with Gasteiger partial charge in [-0.3, -0.25) is 4.90 Å². The third-order valence-corrected chi connectivity index (χ3v) is 4.36. The van der Waals surface area contributed by atoms with E-state index in [2.05, 4.69) is 0 Å². The molecule has 0 spiro atoms. The Morgan fingerprint density at radius 3 is 2.64 bits per heavy atom. The van der Waals surface area contributed by atoms with E-state index < -0.39 is 24.1 Å². The summed E-state index contributed by atoms with van der Waals surface area (Å²) < 4.78 is 11.7. The lowest BCUT2D eigenvalue weighted by Gasteiger charge is -2.19. The zero-order valence-electron chi connectivity index (χ0n) is 14.9. The topological polar surface area (TPSA) is 87.1 Å². The first-order valence-electron chi connectivity index (χ1n) is 8.57. The number of ether oxygens (including phenoxy) is 2. The second-order valence-electron chi connectivity index (χ2n) is 5.98. The van der Waals surface area contributed by atoms with Crippen molar-refractivity contribution in [3.8, 4) is 0 Å². The highest BCUT2D eigenvalue weighted by Gasteiger charge is 2.39. The Labute approximate surface area is 166 Å². The molecule has 1 aliphatic heterocycles. The molecule has 3 rings (SSSR count). The molecule has 1 amide bonds. The Morgan fingerprint density at radius 1 is 1.14 bits per heavy atom. The third kappa shape index (κ3) is 4.95. The highest BCUT2D eigenvalue weighted by molar-refractivity contribution is 7.71. The van der Waals surface area contributed by atoms with Gasteiger partial charge in [-0.2, -0.15) is 4.73 Å². The van der Waals surface area contributed by atoms with Crippen molar-refractivity contribution >= 4 is 30.2 Å². The SMILES string of the molecule is O=C(CC[C@H]1C(=O)OCN1C(=O)OCc1ccccc1)On1ccccc1=S. The van der Waals surface area contributed by atoms with Crippen LogP contribution in [0.2, 0.25) is 0 Å². The van der Waals surface area contributed by atoms with Gasteiger partial charge in [-0.15, -0.1) is 0 Å². The highest BCUT2D eigenvalue weighted by atomic mass is 32.1. The fourth-order valence-electron chi connectivity index (χ4n) is 2.60. The molecule has 0 aliphatic carbocycles. The van der Waals surface area contributed by atoms with E-state index in [-0.39, 0.29) is 26.2 Å². The Kier molecular flexibility index (Phi) is 6.38. The molecule has 0 unspecified atom stereocenters. The van der Waals surface area contributed by atoms with Crippen LogP contribution in [0.3, 0.4) is 0 Å². The van der Waals surface area contributed by atoms with Crippen LogP contribution in [0.5, 0.6) is 0 Å². The molecule has 1 aromatic heterocycles. The molecule has 8 nitrogen and oxygen atoms in total. The summed E-state index contributed by atoms with van der Waals surface area (Å²) in [6.45, 7) is -0.138. The lowest BCUT2D eigenvalue weighted by Crippen LogP contribution is -2.39. The number of nitrogens with zero attached hydrogens (tertiary/aromatic N) is 2. The number of hydrogen-bond donors (Lipinski definition) is 0. The number of amides is 1. The van der Waals surface area contributed by atoms with Crippen molar-refractivity contribution in [2.24, 2.45) is 0 Å². The maximum atomic E-state index is 12.3. The van der Waals surface area contributed by atoms with E-state index in [4.69, 9.17) is 26.5 Å². The first kappa shape index (κ1) is 19.6. The lowest BCUT2D eigenvalue weighted by molar-refractivity contribution is -0.145. The monoisotopic (exact) mass is 402 g/mol. The zero-order chi connectivity index (χ0) is 19.9. The van der Waals surface area contributed by atoms with Crippen molar-refractivity contribution in [1.29, 1.82) is 0 Å². The molecule has 146 valence electrons. The van der Waals surface area contributed by atoms with E-state index in [0.29, 0.717) is 4.64 Å². The zero-order valence-corrected chi connectivity index (χ0v) is 15.7. The van der Waals surface area contributed by atoms with Crippen molar-refractivity contribution in [2.75, 3.05) is 6.73 Å². The van der Waals surface area contributed by atoms with Crippen molar-refractivity contribution in [2.45, 2.75) is 25.5 Å². The maximum Gasteiger partial charge on any atom is 0.413 e. The Morgan fingerprint density at radius 2 is 1.89 bits per heavy atom. The van der Waals surface area contributed by atoms with Crippen LogP contribution in [0.4, 0.5) is 4.79 Å². The number of pyridine rings is 1. The number of cyclic esters (lactones) is 1. The summed E-state index contributed by atoms with van der Waals surface area (Å²) in [5, 5.41) is 0. The summed E-state index contributed by atoms with van der Waals surface area (Å²) in [6.07, 6.45) is 0.785. The third-order valence-electron chi connectivity index (χ3n) is 4.04. The van der Waals surface area contributed by atoms with Crippen molar-refractivity contribution in [3.63, 3.8) is 0 Å². The Balaban J connectivity index is 1.53. The van der Waals surface area contributed by atoms with Gasteiger partial charge in [-0.25, -0.2) is 14.4 Å². The van der Waals surface area contributed by atoms with Crippen LogP contribution in [-0.4, -0.2) is 40.4 Å². The second kappa shape index (κ2) is 9.14. The van der Waals surface area contributed by atoms with Crippen molar-refractivity contribution in [1.82, 2.24) is 9.63 Å². The fraction of sp³-hybridized carbons (Fsp3) is 0.263. The van der Waals surface area contributed by atoms with Crippen LogP contribution in [0.15, 0.2) is 54.7 Å². The fourth-order valence-corrected chi connectivity index (χ4v) is 2.78.